The van der Waals surface area contributed by atoms with E-state index in [4.69, 9.17) is 4.74 Å². The van der Waals surface area contributed by atoms with Crippen LogP contribution in [0, 0.1) is 0 Å². The molecule has 1 N–H and O–H groups in total. The summed E-state index contributed by atoms with van der Waals surface area (Å²) in [5, 5.41) is 2.25. The summed E-state index contributed by atoms with van der Waals surface area (Å²) in [6, 6.07) is 6.96. The number of carbonyl (C=O) groups excluding carboxylic acids is 3. The van der Waals surface area contributed by atoms with Crippen LogP contribution in [0.1, 0.15) is 32.3 Å². The number of imide groups is 2. The number of anilines is 1. The fourth-order valence-corrected chi connectivity index (χ4v) is 3.39. The Kier molecular flexibility index (Phi) is 5.91. The minimum atomic E-state index is -0.686. The van der Waals surface area contributed by atoms with Gasteiger partial charge in [0.1, 0.15) is 5.57 Å². The lowest BCUT2D eigenvalue weighted by atomic mass is 10.1. The molecular weight excluding hydrogens is 346 g/mol. The second kappa shape index (κ2) is 8.35. The first kappa shape index (κ1) is 19.1. The van der Waals surface area contributed by atoms with E-state index in [2.05, 4.69) is 24.1 Å². The lowest BCUT2D eigenvalue weighted by molar-refractivity contribution is -0.131. The summed E-state index contributed by atoms with van der Waals surface area (Å²) in [6.45, 7) is 6.77. The molecule has 0 unspecified atom stereocenters. The number of carbonyl (C=O) groups is 3. The highest BCUT2D eigenvalue weighted by Crippen LogP contribution is 2.20. The summed E-state index contributed by atoms with van der Waals surface area (Å²) in [6.07, 6.45) is 3.08. The van der Waals surface area contributed by atoms with Gasteiger partial charge in [-0.25, -0.2) is 4.79 Å². The third kappa shape index (κ3) is 4.19. The maximum Gasteiger partial charge on any atom is 0.331 e. The van der Waals surface area contributed by atoms with Crippen molar-refractivity contribution in [2.45, 2.75) is 32.8 Å². The topological polar surface area (TPSA) is 79.0 Å². The van der Waals surface area contributed by atoms with Crippen LogP contribution in [0.2, 0.25) is 0 Å². The highest BCUT2D eigenvalue weighted by molar-refractivity contribution is 6.31. The Morgan fingerprint density at radius 3 is 2.48 bits per heavy atom. The van der Waals surface area contributed by atoms with Crippen molar-refractivity contribution in [1.82, 2.24) is 10.2 Å². The van der Waals surface area contributed by atoms with Crippen molar-refractivity contribution in [3.8, 4) is 0 Å². The van der Waals surface area contributed by atoms with Crippen LogP contribution >= 0.6 is 0 Å². The van der Waals surface area contributed by atoms with E-state index in [1.165, 1.54) is 6.08 Å². The third-order valence-corrected chi connectivity index (χ3v) is 4.93. The van der Waals surface area contributed by atoms with E-state index in [9.17, 15) is 14.4 Å². The molecule has 1 aromatic carbocycles. The molecule has 7 heteroatoms. The van der Waals surface area contributed by atoms with E-state index in [0.29, 0.717) is 6.61 Å². The molecule has 0 aliphatic carbocycles. The van der Waals surface area contributed by atoms with Gasteiger partial charge in [0.05, 0.1) is 12.6 Å². The molecule has 1 atom stereocenters. The van der Waals surface area contributed by atoms with Gasteiger partial charge in [-0.2, -0.15) is 0 Å². The average molecular weight is 371 g/mol. The molecule has 7 nitrogen and oxygen atoms in total. The third-order valence-electron chi connectivity index (χ3n) is 4.93. The van der Waals surface area contributed by atoms with E-state index >= 15 is 0 Å². The first-order chi connectivity index (χ1) is 13.0. The number of benzene rings is 1. The Hall–Kier alpha value is -2.67. The van der Waals surface area contributed by atoms with Crippen LogP contribution in [0.3, 0.4) is 0 Å². The SMILES string of the molecule is CCN(CC)c1ccc(/C=C2\C(=O)NC(=O)N(C[C@@H]3CCCO3)C2=O)cc1. The van der Waals surface area contributed by atoms with Crippen molar-refractivity contribution in [3.05, 3.63) is 35.4 Å². The number of rotatable bonds is 6. The monoisotopic (exact) mass is 371 g/mol. The first-order valence-corrected chi connectivity index (χ1v) is 9.39. The van der Waals surface area contributed by atoms with Crippen molar-refractivity contribution in [2.75, 3.05) is 31.1 Å². The number of urea groups is 1. The lowest BCUT2D eigenvalue weighted by Gasteiger charge is -2.28. The number of hydrogen-bond acceptors (Lipinski definition) is 5. The molecule has 2 heterocycles. The molecule has 0 radical (unpaired) electrons. The molecule has 2 aliphatic heterocycles. The standard InChI is InChI=1S/C20H25N3O4/c1-3-22(4-2)15-9-7-14(8-10-15)12-17-18(24)21-20(26)23(19(17)25)13-16-6-5-11-27-16/h7-10,12,16H,3-6,11,13H2,1-2H3,(H,21,24,26)/b17-12+/t16-/m0/s1. The maximum absolute atomic E-state index is 12.7. The summed E-state index contributed by atoms with van der Waals surface area (Å²) in [7, 11) is 0. The minimum Gasteiger partial charge on any atom is -0.376 e. The van der Waals surface area contributed by atoms with E-state index in [0.717, 1.165) is 42.1 Å². The molecule has 0 saturated carbocycles. The molecule has 2 aliphatic rings. The molecular formula is C20H25N3O4. The van der Waals surface area contributed by atoms with Crippen LogP contribution in [-0.4, -0.2) is 55.1 Å². The van der Waals surface area contributed by atoms with E-state index in [1.807, 2.05) is 24.3 Å². The molecule has 0 bridgehead atoms. The fourth-order valence-electron chi connectivity index (χ4n) is 3.39. The molecule has 1 aromatic rings. The van der Waals surface area contributed by atoms with Gasteiger partial charge in [0.2, 0.25) is 0 Å². The van der Waals surface area contributed by atoms with Gasteiger partial charge in [0, 0.05) is 25.4 Å². The summed E-state index contributed by atoms with van der Waals surface area (Å²) in [5.41, 5.74) is 1.77. The largest absolute Gasteiger partial charge is 0.376 e. The smallest absolute Gasteiger partial charge is 0.331 e. The van der Waals surface area contributed by atoms with Crippen molar-refractivity contribution in [2.24, 2.45) is 0 Å². The summed E-state index contributed by atoms with van der Waals surface area (Å²) in [5.74, 6) is -1.24. The second-order valence-electron chi connectivity index (χ2n) is 6.63. The Morgan fingerprint density at radius 2 is 1.89 bits per heavy atom. The predicted octanol–water partition coefficient (Wildman–Crippen LogP) is 2.17. The second-order valence-corrected chi connectivity index (χ2v) is 6.63. The van der Waals surface area contributed by atoms with Crippen molar-refractivity contribution in [1.29, 1.82) is 0 Å². The van der Waals surface area contributed by atoms with E-state index < -0.39 is 17.8 Å². The van der Waals surface area contributed by atoms with Gasteiger partial charge < -0.3 is 9.64 Å². The van der Waals surface area contributed by atoms with Gasteiger partial charge in [-0.05, 0) is 50.5 Å². The minimum absolute atomic E-state index is 0.0387. The molecule has 2 saturated heterocycles. The Labute approximate surface area is 159 Å². The molecule has 0 aromatic heterocycles. The van der Waals surface area contributed by atoms with Gasteiger partial charge >= 0.3 is 6.03 Å². The maximum atomic E-state index is 12.7. The fraction of sp³-hybridized carbons (Fsp3) is 0.450. The van der Waals surface area contributed by atoms with Crippen LogP contribution in [0.4, 0.5) is 10.5 Å². The summed E-state index contributed by atoms with van der Waals surface area (Å²) < 4.78 is 5.51. The highest BCUT2D eigenvalue weighted by atomic mass is 16.5. The molecule has 3 rings (SSSR count). The Bertz CT molecular complexity index is 747. The zero-order valence-electron chi connectivity index (χ0n) is 15.7. The van der Waals surface area contributed by atoms with E-state index in [1.54, 1.807) is 0 Å². The van der Waals surface area contributed by atoms with Gasteiger partial charge in [-0.15, -0.1) is 0 Å². The molecule has 144 valence electrons. The number of hydrogen-bond donors (Lipinski definition) is 1. The van der Waals surface area contributed by atoms with Gasteiger partial charge in [-0.1, -0.05) is 12.1 Å². The van der Waals surface area contributed by atoms with E-state index in [-0.39, 0.29) is 18.2 Å². The molecule has 2 fully saturated rings. The van der Waals surface area contributed by atoms with Crippen LogP contribution in [-0.2, 0) is 14.3 Å². The van der Waals surface area contributed by atoms with Crippen LogP contribution in [0.15, 0.2) is 29.8 Å². The Morgan fingerprint density at radius 1 is 1.19 bits per heavy atom. The van der Waals surface area contributed by atoms with Crippen molar-refractivity contribution < 1.29 is 19.1 Å². The normalized spacial score (nSPS) is 21.7. The van der Waals surface area contributed by atoms with Crippen molar-refractivity contribution in [3.63, 3.8) is 0 Å². The van der Waals surface area contributed by atoms with Gasteiger partial charge in [-0.3, -0.25) is 19.8 Å². The summed E-state index contributed by atoms with van der Waals surface area (Å²) in [4.78, 5) is 40.2. The molecule has 0 spiro atoms. The first-order valence-electron chi connectivity index (χ1n) is 9.39. The summed E-state index contributed by atoms with van der Waals surface area (Å²) >= 11 is 0. The Balaban J connectivity index is 1.79. The highest BCUT2D eigenvalue weighted by Gasteiger charge is 2.37. The van der Waals surface area contributed by atoms with Gasteiger partial charge in [0.15, 0.2) is 0 Å². The van der Waals surface area contributed by atoms with Crippen LogP contribution in [0.5, 0.6) is 0 Å². The zero-order chi connectivity index (χ0) is 19.4. The number of nitrogens with zero attached hydrogens (tertiary/aromatic N) is 2. The molecule has 27 heavy (non-hydrogen) atoms. The predicted molar refractivity (Wildman–Crippen MR) is 102 cm³/mol. The van der Waals surface area contributed by atoms with Crippen molar-refractivity contribution >= 4 is 29.6 Å². The lowest BCUT2D eigenvalue weighted by Crippen LogP contribution is -2.55. The van der Waals surface area contributed by atoms with Crippen LogP contribution < -0.4 is 10.2 Å². The quantitative estimate of drug-likeness (QED) is 0.612. The number of barbiturate groups is 1. The number of amides is 4. The number of ether oxygens (including phenoxy) is 1. The average Bonchev–Trinajstić information content (AvgIpc) is 3.18. The van der Waals surface area contributed by atoms with Crippen LogP contribution in [0.25, 0.3) is 6.08 Å². The molecule has 4 amide bonds. The van der Waals surface area contributed by atoms with Gasteiger partial charge in [0.25, 0.3) is 11.8 Å². The zero-order valence-corrected chi connectivity index (χ0v) is 15.7. The number of nitrogens with one attached hydrogen (secondary N) is 1.